The fourth-order valence-corrected chi connectivity index (χ4v) is 3.09. The van der Waals surface area contributed by atoms with Gasteiger partial charge in [-0.3, -0.25) is 9.59 Å². The molecule has 0 bridgehead atoms. The number of nitrogens with one attached hydrogen (secondary N) is 1. The summed E-state index contributed by atoms with van der Waals surface area (Å²) < 4.78 is 5.46. The van der Waals surface area contributed by atoms with E-state index in [0.717, 1.165) is 18.4 Å². The average Bonchev–Trinajstić information content (AvgIpc) is 2.68. The van der Waals surface area contributed by atoms with Gasteiger partial charge in [0.05, 0.1) is 6.42 Å². The van der Waals surface area contributed by atoms with Gasteiger partial charge in [-0.15, -0.1) is 0 Å². The number of hydrogen-bond acceptors (Lipinski definition) is 3. The average molecular weight is 352 g/mol. The van der Waals surface area contributed by atoms with E-state index in [1.54, 1.807) is 0 Å². The van der Waals surface area contributed by atoms with Crippen LogP contribution < -0.4 is 10.1 Å². The van der Waals surface area contributed by atoms with Gasteiger partial charge in [0.15, 0.2) is 6.61 Å². The molecule has 1 fully saturated rings. The van der Waals surface area contributed by atoms with E-state index in [1.807, 2.05) is 65.6 Å². The van der Waals surface area contributed by atoms with Crippen molar-refractivity contribution in [3.8, 4) is 5.75 Å². The third kappa shape index (κ3) is 5.34. The normalized spacial score (nSPS) is 14.7. The summed E-state index contributed by atoms with van der Waals surface area (Å²) in [5.74, 6) is 0.709. The maximum Gasteiger partial charge on any atom is 0.258 e. The first kappa shape index (κ1) is 18.0. The van der Waals surface area contributed by atoms with Crippen LogP contribution in [0.3, 0.4) is 0 Å². The van der Waals surface area contributed by atoms with Crippen LogP contribution in [0, 0.1) is 0 Å². The van der Waals surface area contributed by atoms with Crippen molar-refractivity contribution in [2.75, 3.05) is 19.7 Å². The topological polar surface area (TPSA) is 58.6 Å². The van der Waals surface area contributed by atoms with Crippen LogP contribution in [0.5, 0.6) is 5.75 Å². The first-order valence-corrected chi connectivity index (χ1v) is 8.99. The quantitative estimate of drug-likeness (QED) is 0.869. The lowest BCUT2D eigenvalue weighted by atomic mass is 10.0. The van der Waals surface area contributed by atoms with E-state index in [4.69, 9.17) is 4.74 Å². The molecule has 5 heteroatoms. The fourth-order valence-electron chi connectivity index (χ4n) is 3.09. The Morgan fingerprint density at radius 1 is 0.962 bits per heavy atom. The van der Waals surface area contributed by atoms with E-state index >= 15 is 0 Å². The zero-order chi connectivity index (χ0) is 18.2. The molecule has 1 aliphatic rings. The summed E-state index contributed by atoms with van der Waals surface area (Å²) in [6.07, 6.45) is 1.98. The standard InChI is InChI=1S/C21H24N2O3/c24-20(16-26-19-9-5-2-6-10-19)22-18-11-13-23(14-12-18)21(25)15-17-7-3-1-4-8-17/h1-10,18H,11-16H2,(H,22,24). The molecule has 3 rings (SSSR count). The molecule has 0 radical (unpaired) electrons. The van der Waals surface area contributed by atoms with E-state index in [1.165, 1.54) is 0 Å². The molecule has 26 heavy (non-hydrogen) atoms. The van der Waals surface area contributed by atoms with Crippen molar-refractivity contribution in [3.63, 3.8) is 0 Å². The van der Waals surface area contributed by atoms with Gasteiger partial charge in [-0.1, -0.05) is 48.5 Å². The van der Waals surface area contributed by atoms with E-state index in [2.05, 4.69) is 5.32 Å². The summed E-state index contributed by atoms with van der Waals surface area (Å²) in [6.45, 7) is 1.36. The number of carbonyl (C=O) groups excluding carboxylic acids is 2. The second-order valence-electron chi connectivity index (χ2n) is 6.49. The minimum atomic E-state index is -0.122. The highest BCUT2D eigenvalue weighted by Crippen LogP contribution is 2.13. The van der Waals surface area contributed by atoms with Crippen molar-refractivity contribution in [2.45, 2.75) is 25.3 Å². The van der Waals surface area contributed by atoms with Crippen LogP contribution in [0.15, 0.2) is 60.7 Å². The monoisotopic (exact) mass is 352 g/mol. The van der Waals surface area contributed by atoms with Gasteiger partial charge in [0.25, 0.3) is 5.91 Å². The van der Waals surface area contributed by atoms with E-state index < -0.39 is 0 Å². The van der Waals surface area contributed by atoms with E-state index in [-0.39, 0.29) is 24.5 Å². The maximum atomic E-state index is 12.4. The van der Waals surface area contributed by atoms with E-state index in [9.17, 15) is 9.59 Å². The molecule has 5 nitrogen and oxygen atoms in total. The summed E-state index contributed by atoms with van der Waals surface area (Å²) in [4.78, 5) is 26.3. The molecule has 0 aromatic heterocycles. The largest absolute Gasteiger partial charge is 0.484 e. The summed E-state index contributed by atoms with van der Waals surface area (Å²) in [5.41, 5.74) is 1.03. The van der Waals surface area contributed by atoms with E-state index in [0.29, 0.717) is 25.3 Å². The Morgan fingerprint density at radius 2 is 1.58 bits per heavy atom. The molecule has 0 aliphatic carbocycles. The molecule has 0 unspecified atom stereocenters. The van der Waals surface area contributed by atoms with Gasteiger partial charge in [0.1, 0.15) is 5.75 Å². The Balaban J connectivity index is 1.38. The first-order valence-electron chi connectivity index (χ1n) is 8.99. The number of rotatable bonds is 6. The molecule has 2 aromatic rings. The van der Waals surface area contributed by atoms with Crippen LogP contribution >= 0.6 is 0 Å². The lowest BCUT2D eigenvalue weighted by molar-refractivity contribution is -0.131. The Kier molecular flexibility index (Phi) is 6.25. The number of carbonyl (C=O) groups is 2. The van der Waals surface area contributed by atoms with Gasteiger partial charge in [-0.2, -0.15) is 0 Å². The van der Waals surface area contributed by atoms with Gasteiger partial charge in [0, 0.05) is 19.1 Å². The van der Waals surface area contributed by atoms with Crippen molar-refractivity contribution < 1.29 is 14.3 Å². The Morgan fingerprint density at radius 3 is 2.23 bits per heavy atom. The van der Waals surface area contributed by atoms with Gasteiger partial charge in [-0.05, 0) is 30.5 Å². The highest BCUT2D eigenvalue weighted by atomic mass is 16.5. The van der Waals surface area contributed by atoms with Crippen molar-refractivity contribution in [1.29, 1.82) is 0 Å². The van der Waals surface area contributed by atoms with Gasteiger partial charge < -0.3 is 15.0 Å². The maximum absolute atomic E-state index is 12.4. The number of benzene rings is 2. The van der Waals surface area contributed by atoms with Crippen molar-refractivity contribution in [3.05, 3.63) is 66.2 Å². The molecule has 2 amide bonds. The third-order valence-electron chi connectivity index (χ3n) is 4.52. The van der Waals surface area contributed by atoms with Gasteiger partial charge in [0.2, 0.25) is 5.91 Å². The Bertz CT molecular complexity index is 711. The molecule has 1 heterocycles. The van der Waals surface area contributed by atoms with Crippen LogP contribution in [-0.4, -0.2) is 42.5 Å². The molecule has 2 aromatic carbocycles. The molecule has 1 N–H and O–H groups in total. The molecule has 0 atom stereocenters. The summed E-state index contributed by atoms with van der Waals surface area (Å²) in [5, 5.41) is 3.00. The van der Waals surface area contributed by atoms with Gasteiger partial charge >= 0.3 is 0 Å². The summed E-state index contributed by atoms with van der Waals surface area (Å²) in [7, 11) is 0. The van der Waals surface area contributed by atoms with Crippen molar-refractivity contribution in [1.82, 2.24) is 10.2 Å². The fraction of sp³-hybridized carbons (Fsp3) is 0.333. The minimum Gasteiger partial charge on any atom is -0.484 e. The highest BCUT2D eigenvalue weighted by Gasteiger charge is 2.23. The number of para-hydroxylation sites is 1. The van der Waals surface area contributed by atoms with Crippen LogP contribution in [0.4, 0.5) is 0 Å². The number of likely N-dealkylation sites (tertiary alicyclic amines) is 1. The molecule has 1 aliphatic heterocycles. The highest BCUT2D eigenvalue weighted by molar-refractivity contribution is 5.79. The number of amides is 2. The first-order chi connectivity index (χ1) is 12.7. The van der Waals surface area contributed by atoms with Crippen molar-refractivity contribution in [2.24, 2.45) is 0 Å². The predicted molar refractivity (Wildman–Crippen MR) is 99.8 cm³/mol. The number of nitrogens with zero attached hydrogens (tertiary/aromatic N) is 1. The lowest BCUT2D eigenvalue weighted by Gasteiger charge is -2.32. The molecular weight excluding hydrogens is 328 g/mol. The summed E-state index contributed by atoms with van der Waals surface area (Å²) in [6, 6.07) is 19.2. The Labute approximate surface area is 154 Å². The second kappa shape index (κ2) is 9.04. The third-order valence-corrected chi connectivity index (χ3v) is 4.52. The predicted octanol–water partition coefficient (Wildman–Crippen LogP) is 2.42. The van der Waals surface area contributed by atoms with Crippen LogP contribution in [0.1, 0.15) is 18.4 Å². The molecule has 136 valence electrons. The SMILES string of the molecule is O=C(COc1ccccc1)NC1CCN(C(=O)Cc2ccccc2)CC1. The van der Waals surface area contributed by atoms with Crippen LogP contribution in [-0.2, 0) is 16.0 Å². The lowest BCUT2D eigenvalue weighted by Crippen LogP contribution is -2.47. The number of hydrogen-bond donors (Lipinski definition) is 1. The number of ether oxygens (including phenoxy) is 1. The minimum absolute atomic E-state index is 0.0111. The molecule has 0 saturated carbocycles. The smallest absolute Gasteiger partial charge is 0.258 e. The summed E-state index contributed by atoms with van der Waals surface area (Å²) >= 11 is 0. The zero-order valence-corrected chi connectivity index (χ0v) is 14.8. The molecule has 1 saturated heterocycles. The second-order valence-corrected chi connectivity index (χ2v) is 6.49. The van der Waals surface area contributed by atoms with Crippen molar-refractivity contribution >= 4 is 11.8 Å². The molecule has 0 spiro atoms. The van der Waals surface area contributed by atoms with Crippen LogP contribution in [0.25, 0.3) is 0 Å². The van der Waals surface area contributed by atoms with Crippen LogP contribution in [0.2, 0.25) is 0 Å². The number of piperidine rings is 1. The Hall–Kier alpha value is -2.82. The molecular formula is C21H24N2O3. The van der Waals surface area contributed by atoms with Gasteiger partial charge in [-0.25, -0.2) is 0 Å². The zero-order valence-electron chi connectivity index (χ0n) is 14.8.